The minimum Gasteiger partial charge on any atom is -0.486 e. The predicted molar refractivity (Wildman–Crippen MR) is 120 cm³/mol. The topological polar surface area (TPSA) is 69.5 Å². The van der Waals surface area contributed by atoms with Crippen LogP contribution in [-0.4, -0.2) is 40.4 Å². The van der Waals surface area contributed by atoms with E-state index in [0.29, 0.717) is 42.7 Å². The highest BCUT2D eigenvalue weighted by atomic mass is 32.1. The molecule has 0 unspecified atom stereocenters. The number of fused-ring (bicyclic) bond motifs is 4. The van der Waals surface area contributed by atoms with Crippen LogP contribution in [0.3, 0.4) is 0 Å². The summed E-state index contributed by atoms with van der Waals surface area (Å²) in [6.45, 7) is 8.85. The second-order valence-corrected chi connectivity index (χ2v) is 9.32. The van der Waals surface area contributed by atoms with Gasteiger partial charge in [0.15, 0.2) is 16.6 Å². The van der Waals surface area contributed by atoms with Crippen LogP contribution >= 0.6 is 11.3 Å². The molecule has 0 N–H and O–H groups in total. The highest BCUT2D eigenvalue weighted by Crippen LogP contribution is 2.40. The Morgan fingerprint density at radius 2 is 2.03 bits per heavy atom. The summed E-state index contributed by atoms with van der Waals surface area (Å²) in [5.74, 6) is 1.76. The summed E-state index contributed by atoms with van der Waals surface area (Å²) < 4.78 is 13.3. The molecule has 2 aliphatic rings. The molecule has 2 aromatic heterocycles. The lowest BCUT2D eigenvalue weighted by molar-refractivity contribution is 0.0987. The molecular formula is C23H26N4O3S. The normalized spacial score (nSPS) is 14.3. The van der Waals surface area contributed by atoms with Gasteiger partial charge in [0.05, 0.1) is 11.9 Å². The standard InChI is InChI=1S/C23H26N4O3S/c1-4-26(22(28)15-5-7-18-19(11-15)30-10-9-29-18)23-25-21-16-12-24-27(13-14(2)3)17(16)6-8-20(21)31-23/h5,7,11-12,14H,4,6,8-10,13H2,1-3H3. The van der Waals surface area contributed by atoms with Crippen molar-refractivity contribution < 1.29 is 14.3 Å². The monoisotopic (exact) mass is 438 g/mol. The first-order valence-corrected chi connectivity index (χ1v) is 11.6. The lowest BCUT2D eigenvalue weighted by Gasteiger charge is -2.21. The maximum absolute atomic E-state index is 13.3. The molecule has 162 valence electrons. The zero-order valence-corrected chi connectivity index (χ0v) is 18.9. The lowest BCUT2D eigenvalue weighted by atomic mass is 10.0. The van der Waals surface area contributed by atoms with E-state index in [1.165, 1.54) is 10.6 Å². The average molecular weight is 439 g/mol. The van der Waals surface area contributed by atoms with E-state index in [4.69, 9.17) is 14.5 Å². The summed E-state index contributed by atoms with van der Waals surface area (Å²) in [4.78, 5) is 21.2. The number of ether oxygens (including phenoxy) is 2. The van der Waals surface area contributed by atoms with Crippen LogP contribution in [0, 0.1) is 5.92 Å². The van der Waals surface area contributed by atoms with Crippen LogP contribution in [0.25, 0.3) is 11.3 Å². The number of thiazole rings is 1. The molecule has 5 rings (SSSR count). The molecule has 1 aromatic carbocycles. The van der Waals surface area contributed by atoms with E-state index in [1.807, 2.05) is 13.1 Å². The van der Waals surface area contributed by atoms with E-state index in [-0.39, 0.29) is 5.91 Å². The van der Waals surface area contributed by atoms with Crippen molar-refractivity contribution in [1.29, 1.82) is 0 Å². The Bertz CT molecular complexity index is 1130. The highest BCUT2D eigenvalue weighted by molar-refractivity contribution is 7.16. The Hall–Kier alpha value is -2.87. The third-order valence-corrected chi connectivity index (χ3v) is 6.74. The van der Waals surface area contributed by atoms with Crippen molar-refractivity contribution >= 4 is 22.4 Å². The number of hydrogen-bond acceptors (Lipinski definition) is 6. The van der Waals surface area contributed by atoms with E-state index >= 15 is 0 Å². The Morgan fingerprint density at radius 3 is 2.81 bits per heavy atom. The van der Waals surface area contributed by atoms with Crippen LogP contribution in [-0.2, 0) is 19.4 Å². The molecule has 8 heteroatoms. The van der Waals surface area contributed by atoms with Crippen molar-refractivity contribution in [2.45, 2.75) is 40.2 Å². The lowest BCUT2D eigenvalue weighted by Crippen LogP contribution is -2.30. The fraction of sp³-hybridized carbons (Fsp3) is 0.435. The zero-order valence-electron chi connectivity index (χ0n) is 18.1. The van der Waals surface area contributed by atoms with Gasteiger partial charge >= 0.3 is 0 Å². The van der Waals surface area contributed by atoms with E-state index in [0.717, 1.165) is 35.8 Å². The summed E-state index contributed by atoms with van der Waals surface area (Å²) in [5.41, 5.74) is 3.90. The molecule has 7 nitrogen and oxygen atoms in total. The van der Waals surface area contributed by atoms with Crippen molar-refractivity contribution in [2.75, 3.05) is 24.7 Å². The molecule has 1 amide bonds. The first-order chi connectivity index (χ1) is 15.0. The van der Waals surface area contributed by atoms with Gasteiger partial charge in [0.1, 0.15) is 13.2 Å². The van der Waals surface area contributed by atoms with Gasteiger partial charge in [-0.2, -0.15) is 5.10 Å². The summed E-state index contributed by atoms with van der Waals surface area (Å²) in [6.07, 6.45) is 3.82. The SMILES string of the molecule is CCN(C(=O)c1ccc2c(c1)OCCO2)c1nc2c(s1)CCc1c-2cnn1CC(C)C. The number of benzene rings is 1. The highest BCUT2D eigenvalue weighted by Gasteiger charge is 2.28. The smallest absolute Gasteiger partial charge is 0.260 e. The van der Waals surface area contributed by atoms with Gasteiger partial charge in [-0.05, 0) is 43.9 Å². The zero-order chi connectivity index (χ0) is 21.5. The summed E-state index contributed by atoms with van der Waals surface area (Å²) in [7, 11) is 0. The first-order valence-electron chi connectivity index (χ1n) is 10.8. The number of carbonyl (C=O) groups excluding carboxylic acids is 1. The van der Waals surface area contributed by atoms with Gasteiger partial charge in [-0.25, -0.2) is 4.98 Å². The van der Waals surface area contributed by atoms with Gasteiger partial charge in [0.2, 0.25) is 0 Å². The molecule has 0 saturated heterocycles. The fourth-order valence-electron chi connectivity index (χ4n) is 4.14. The van der Waals surface area contributed by atoms with Crippen molar-refractivity contribution in [2.24, 2.45) is 5.92 Å². The third kappa shape index (κ3) is 3.59. The molecule has 0 fully saturated rings. The van der Waals surface area contributed by atoms with Crippen LogP contribution in [0.2, 0.25) is 0 Å². The molecule has 0 bridgehead atoms. The molecule has 0 radical (unpaired) electrons. The predicted octanol–water partition coefficient (Wildman–Crippen LogP) is 4.20. The molecule has 1 aliphatic carbocycles. The number of carbonyl (C=O) groups is 1. The molecule has 3 aromatic rings. The third-order valence-electron chi connectivity index (χ3n) is 5.60. The molecule has 0 saturated carbocycles. The molecule has 0 spiro atoms. The Kier molecular flexibility index (Phi) is 5.17. The fourth-order valence-corrected chi connectivity index (χ4v) is 5.28. The van der Waals surface area contributed by atoms with Crippen molar-refractivity contribution in [3.63, 3.8) is 0 Å². The number of rotatable bonds is 5. The van der Waals surface area contributed by atoms with Crippen LogP contribution in [0.15, 0.2) is 24.4 Å². The van der Waals surface area contributed by atoms with Crippen molar-refractivity contribution in [3.8, 4) is 22.8 Å². The molecule has 3 heterocycles. The van der Waals surface area contributed by atoms with Crippen LogP contribution < -0.4 is 14.4 Å². The number of aryl methyl sites for hydroxylation is 1. The second kappa shape index (κ2) is 8.00. The quantitative estimate of drug-likeness (QED) is 0.597. The maximum atomic E-state index is 13.3. The molecule has 0 atom stereocenters. The minimum atomic E-state index is -0.0821. The van der Waals surface area contributed by atoms with E-state index in [2.05, 4.69) is 23.6 Å². The van der Waals surface area contributed by atoms with E-state index in [1.54, 1.807) is 34.4 Å². The molecule has 1 aliphatic heterocycles. The largest absolute Gasteiger partial charge is 0.486 e. The van der Waals surface area contributed by atoms with Crippen molar-refractivity contribution in [1.82, 2.24) is 14.8 Å². The Balaban J connectivity index is 1.45. The number of amides is 1. The van der Waals surface area contributed by atoms with Crippen LogP contribution in [0.1, 0.15) is 41.7 Å². The number of anilines is 1. The maximum Gasteiger partial charge on any atom is 0.260 e. The van der Waals surface area contributed by atoms with Gasteiger partial charge in [-0.3, -0.25) is 14.4 Å². The Morgan fingerprint density at radius 1 is 1.23 bits per heavy atom. The molecular weight excluding hydrogens is 412 g/mol. The van der Waals surface area contributed by atoms with Gasteiger partial charge in [-0.1, -0.05) is 13.8 Å². The van der Waals surface area contributed by atoms with E-state index < -0.39 is 0 Å². The number of aromatic nitrogens is 3. The summed E-state index contributed by atoms with van der Waals surface area (Å²) in [5, 5.41) is 5.34. The second-order valence-electron chi connectivity index (χ2n) is 8.26. The number of nitrogens with zero attached hydrogens (tertiary/aromatic N) is 4. The van der Waals surface area contributed by atoms with Crippen molar-refractivity contribution in [3.05, 3.63) is 40.5 Å². The summed E-state index contributed by atoms with van der Waals surface area (Å²) >= 11 is 1.61. The van der Waals surface area contributed by atoms with Gasteiger partial charge < -0.3 is 9.47 Å². The first kappa shape index (κ1) is 20.1. The molecule has 31 heavy (non-hydrogen) atoms. The van der Waals surface area contributed by atoms with Gasteiger partial charge in [-0.15, -0.1) is 11.3 Å². The van der Waals surface area contributed by atoms with Gasteiger partial charge in [0, 0.05) is 34.8 Å². The summed E-state index contributed by atoms with van der Waals surface area (Å²) in [6, 6.07) is 5.36. The van der Waals surface area contributed by atoms with Gasteiger partial charge in [0.25, 0.3) is 5.91 Å². The number of hydrogen-bond donors (Lipinski definition) is 0. The minimum absolute atomic E-state index is 0.0821. The Labute approximate surface area is 185 Å². The van der Waals surface area contributed by atoms with E-state index in [9.17, 15) is 4.79 Å². The average Bonchev–Trinajstić information content (AvgIpc) is 3.37. The van der Waals surface area contributed by atoms with Crippen LogP contribution in [0.5, 0.6) is 11.5 Å². The van der Waals surface area contributed by atoms with Crippen LogP contribution in [0.4, 0.5) is 5.13 Å².